The van der Waals surface area contributed by atoms with E-state index in [0.29, 0.717) is 19.4 Å². The Labute approximate surface area is 85.5 Å². The van der Waals surface area contributed by atoms with Gasteiger partial charge < -0.3 is 0 Å². The number of hydrogen-bond acceptors (Lipinski definition) is 2. The summed E-state index contributed by atoms with van der Waals surface area (Å²) in [6.45, 7) is 0.613. The summed E-state index contributed by atoms with van der Waals surface area (Å²) in [5, 5.41) is 0. The average molecular weight is 197 g/mol. The quantitative estimate of drug-likeness (QED) is 0.604. The van der Waals surface area contributed by atoms with Gasteiger partial charge in [-0.1, -0.05) is 32.1 Å². The van der Waals surface area contributed by atoms with Crippen LogP contribution in [0.15, 0.2) is 0 Å². The monoisotopic (exact) mass is 197 g/mol. The number of imide groups is 1. The first-order valence-electron chi connectivity index (χ1n) is 5.59. The number of amides is 2. The molecule has 1 rings (SSSR count). The van der Waals surface area contributed by atoms with Crippen LogP contribution in [0.3, 0.4) is 0 Å². The van der Waals surface area contributed by atoms with Crippen LogP contribution in [0.1, 0.15) is 51.4 Å². The molecule has 1 saturated heterocycles. The number of rotatable bonds is 1. The molecule has 0 aliphatic carbocycles. The minimum absolute atomic E-state index is 0.00176. The predicted octanol–water partition coefficient (Wildman–Crippen LogP) is 2.11. The first-order chi connectivity index (χ1) is 6.84. The van der Waals surface area contributed by atoms with E-state index < -0.39 is 0 Å². The lowest BCUT2D eigenvalue weighted by atomic mass is 10.1. The van der Waals surface area contributed by atoms with Crippen LogP contribution >= 0.6 is 0 Å². The van der Waals surface area contributed by atoms with E-state index in [1.807, 2.05) is 0 Å². The molecule has 0 bridgehead atoms. The molecule has 1 aliphatic heterocycles. The molecule has 0 aromatic carbocycles. The Hall–Kier alpha value is -0.860. The van der Waals surface area contributed by atoms with E-state index in [1.54, 1.807) is 0 Å². The third-order valence-corrected chi connectivity index (χ3v) is 2.74. The van der Waals surface area contributed by atoms with E-state index in [-0.39, 0.29) is 5.91 Å². The number of carbonyl (C=O) groups is 2. The van der Waals surface area contributed by atoms with Crippen molar-refractivity contribution in [2.75, 3.05) is 6.54 Å². The van der Waals surface area contributed by atoms with Crippen LogP contribution in [0.25, 0.3) is 0 Å². The molecule has 0 atom stereocenters. The zero-order valence-corrected chi connectivity index (χ0v) is 8.71. The highest BCUT2D eigenvalue weighted by molar-refractivity contribution is 5.85. The van der Waals surface area contributed by atoms with Gasteiger partial charge in [0.05, 0.1) is 0 Å². The Balaban J connectivity index is 2.41. The molecule has 3 nitrogen and oxygen atoms in total. The standard InChI is InChI=1S/C11H19NO2/c13-10-12-9-7-5-3-1-2-4-6-8-11(12)14/h10H,1-9H2. The maximum Gasteiger partial charge on any atom is 0.228 e. The minimum atomic E-state index is 0.00176. The van der Waals surface area contributed by atoms with E-state index in [1.165, 1.54) is 24.2 Å². The molecule has 80 valence electrons. The first-order valence-corrected chi connectivity index (χ1v) is 5.59. The predicted molar refractivity (Wildman–Crippen MR) is 54.7 cm³/mol. The lowest BCUT2D eigenvalue weighted by molar-refractivity contribution is -0.138. The summed E-state index contributed by atoms with van der Waals surface area (Å²) in [6.07, 6.45) is 9.12. The molecule has 1 fully saturated rings. The van der Waals surface area contributed by atoms with Crippen LogP contribution < -0.4 is 0 Å². The van der Waals surface area contributed by atoms with Gasteiger partial charge in [-0.3, -0.25) is 14.5 Å². The Morgan fingerprint density at radius 1 is 0.929 bits per heavy atom. The molecule has 0 spiro atoms. The molecular formula is C11H19NO2. The Morgan fingerprint density at radius 3 is 2.14 bits per heavy atom. The lowest BCUT2D eigenvalue weighted by Gasteiger charge is -2.14. The van der Waals surface area contributed by atoms with Crippen LogP contribution in [0, 0.1) is 0 Å². The van der Waals surface area contributed by atoms with Crippen molar-refractivity contribution in [1.82, 2.24) is 4.90 Å². The maximum atomic E-state index is 11.5. The van der Waals surface area contributed by atoms with Gasteiger partial charge in [0.25, 0.3) is 0 Å². The molecule has 0 aromatic heterocycles. The molecule has 0 saturated carbocycles. The molecule has 0 aromatic rings. The van der Waals surface area contributed by atoms with Gasteiger partial charge in [0.1, 0.15) is 0 Å². The summed E-state index contributed by atoms with van der Waals surface area (Å²) in [4.78, 5) is 23.4. The van der Waals surface area contributed by atoms with Gasteiger partial charge in [-0.15, -0.1) is 0 Å². The van der Waals surface area contributed by atoms with Gasteiger partial charge >= 0.3 is 0 Å². The number of nitrogens with zero attached hydrogens (tertiary/aromatic N) is 1. The highest BCUT2D eigenvalue weighted by atomic mass is 16.2. The summed E-state index contributed by atoms with van der Waals surface area (Å²) in [7, 11) is 0. The smallest absolute Gasteiger partial charge is 0.228 e. The van der Waals surface area contributed by atoms with Gasteiger partial charge in [-0.25, -0.2) is 0 Å². The molecule has 0 unspecified atom stereocenters. The molecule has 0 N–H and O–H groups in total. The third kappa shape index (κ3) is 3.90. The number of hydrogen-bond donors (Lipinski definition) is 0. The normalized spacial score (nSPS) is 21.4. The van der Waals surface area contributed by atoms with E-state index >= 15 is 0 Å². The van der Waals surface area contributed by atoms with E-state index in [4.69, 9.17) is 0 Å². The van der Waals surface area contributed by atoms with Crippen molar-refractivity contribution in [3.8, 4) is 0 Å². The zero-order chi connectivity index (χ0) is 10.2. The van der Waals surface area contributed by atoms with Gasteiger partial charge in [0.15, 0.2) is 0 Å². The van der Waals surface area contributed by atoms with Gasteiger partial charge in [0.2, 0.25) is 12.3 Å². The van der Waals surface area contributed by atoms with Crippen molar-refractivity contribution in [2.45, 2.75) is 51.4 Å². The molecule has 3 heteroatoms. The van der Waals surface area contributed by atoms with Crippen molar-refractivity contribution in [1.29, 1.82) is 0 Å². The van der Waals surface area contributed by atoms with Crippen molar-refractivity contribution in [3.05, 3.63) is 0 Å². The van der Waals surface area contributed by atoms with E-state index in [2.05, 4.69) is 0 Å². The third-order valence-electron chi connectivity index (χ3n) is 2.74. The summed E-state index contributed by atoms with van der Waals surface area (Å²) in [5.41, 5.74) is 0. The molecule has 0 radical (unpaired) electrons. The van der Waals surface area contributed by atoms with Gasteiger partial charge in [-0.2, -0.15) is 0 Å². The van der Waals surface area contributed by atoms with Crippen LogP contribution in [0.2, 0.25) is 0 Å². The van der Waals surface area contributed by atoms with Crippen LogP contribution in [-0.2, 0) is 9.59 Å². The topological polar surface area (TPSA) is 37.4 Å². The van der Waals surface area contributed by atoms with Gasteiger partial charge in [0, 0.05) is 13.0 Å². The second-order valence-electron chi connectivity index (χ2n) is 3.92. The first kappa shape index (κ1) is 11.2. The van der Waals surface area contributed by atoms with E-state index in [9.17, 15) is 9.59 Å². The van der Waals surface area contributed by atoms with Crippen molar-refractivity contribution in [2.24, 2.45) is 0 Å². The fraction of sp³-hybridized carbons (Fsp3) is 0.818. The van der Waals surface area contributed by atoms with Crippen LogP contribution in [0.5, 0.6) is 0 Å². The molecule has 1 aliphatic rings. The minimum Gasteiger partial charge on any atom is -0.285 e. The average Bonchev–Trinajstić information content (AvgIpc) is 2.24. The SMILES string of the molecule is O=CN1CCCCCCCCCC1=O. The molecular weight excluding hydrogens is 178 g/mol. The van der Waals surface area contributed by atoms with Crippen molar-refractivity contribution < 1.29 is 9.59 Å². The van der Waals surface area contributed by atoms with Crippen molar-refractivity contribution >= 4 is 12.3 Å². The van der Waals surface area contributed by atoms with E-state index in [0.717, 1.165) is 25.7 Å². The maximum absolute atomic E-state index is 11.5. The lowest BCUT2D eigenvalue weighted by Crippen LogP contribution is -2.30. The summed E-state index contributed by atoms with van der Waals surface area (Å²) in [6, 6.07) is 0. The summed E-state index contributed by atoms with van der Waals surface area (Å²) >= 11 is 0. The fourth-order valence-corrected chi connectivity index (χ4v) is 1.82. The molecule has 2 amide bonds. The van der Waals surface area contributed by atoms with Gasteiger partial charge in [-0.05, 0) is 12.8 Å². The largest absolute Gasteiger partial charge is 0.285 e. The highest BCUT2D eigenvalue weighted by Crippen LogP contribution is 2.12. The summed E-state index contributed by atoms with van der Waals surface area (Å²) < 4.78 is 0. The van der Waals surface area contributed by atoms with Crippen LogP contribution in [0.4, 0.5) is 0 Å². The summed E-state index contributed by atoms with van der Waals surface area (Å²) in [5.74, 6) is 0.00176. The number of carbonyl (C=O) groups excluding carboxylic acids is 2. The Bertz CT molecular complexity index is 192. The second-order valence-corrected chi connectivity index (χ2v) is 3.92. The Morgan fingerprint density at radius 2 is 1.50 bits per heavy atom. The second kappa shape index (κ2) is 6.57. The molecule has 14 heavy (non-hydrogen) atoms. The highest BCUT2D eigenvalue weighted by Gasteiger charge is 2.12. The fourth-order valence-electron chi connectivity index (χ4n) is 1.82. The zero-order valence-electron chi connectivity index (χ0n) is 8.71. The van der Waals surface area contributed by atoms with Crippen LogP contribution in [-0.4, -0.2) is 23.8 Å². The van der Waals surface area contributed by atoms with Crippen molar-refractivity contribution in [3.63, 3.8) is 0 Å². The Kier molecular flexibility index (Phi) is 5.27. The molecule has 1 heterocycles.